The first kappa shape index (κ1) is 73.8. The van der Waals surface area contributed by atoms with Crippen molar-refractivity contribution in [3.05, 3.63) is 344 Å². The molecule has 94 heavy (non-hydrogen) atoms. The van der Waals surface area contributed by atoms with Gasteiger partial charge < -0.3 is 0 Å². The maximum Gasteiger partial charge on any atom is 0.0485 e. The van der Waals surface area contributed by atoms with E-state index in [4.69, 9.17) is 139 Å². The molecule has 0 saturated carbocycles. The summed E-state index contributed by atoms with van der Waals surface area (Å²) in [6.45, 7) is 10.8. The fourth-order valence-electron chi connectivity index (χ4n) is 12.0. The van der Waals surface area contributed by atoms with Crippen molar-refractivity contribution in [2.45, 2.75) is 77.0 Å². The average molecular weight is 1610 g/mol. The summed E-state index contributed by atoms with van der Waals surface area (Å²) in [5.41, 5.74) is 13.4. The maximum atomic E-state index is 6.43. The van der Waals surface area contributed by atoms with Gasteiger partial charge in [-0.3, -0.25) is 0 Å². The third-order valence-electron chi connectivity index (χ3n) is 16.7. The third-order valence-corrected chi connectivity index (χ3v) is 21.4. The standard InChI is InChI=1S/C26H20Br2.C23H16Cl4.C17H16Cl4.C14H10Cl4/c1-18(21-12-14-25(27)23(16-21)19-8-4-2-5-9-19)22-13-15-26(28)24(17-22)20-10-6-3-7-11-20;1-13(17-7-9-23(27)21-12-16(25)4-6-19(17)21)10-14-2-8-22(26)20-11-15(24)3-5-18(14)20;1-3-10-17(2,15-11(18)6-4-7-12(15)19)16-13(20)8-5-9-14(16)21;1-8(9-2-11(15)6-12(16)3-9)10-4-13(17)7-14(18)5-10/h2-18H,1H3;2-9,11-13H,10H2,1H3;4-9H,3,10H2,1-2H3;2-8H,1H3. The van der Waals surface area contributed by atoms with Gasteiger partial charge in [-0.25, -0.2) is 0 Å². The lowest BCUT2D eigenvalue weighted by atomic mass is 9.73. The van der Waals surface area contributed by atoms with Crippen molar-refractivity contribution in [1.29, 1.82) is 0 Å². The van der Waals surface area contributed by atoms with Crippen LogP contribution in [-0.4, -0.2) is 0 Å². The van der Waals surface area contributed by atoms with Gasteiger partial charge in [0.2, 0.25) is 0 Å². The monoisotopic (exact) mass is 1600 g/mol. The Morgan fingerprint density at radius 3 is 1.16 bits per heavy atom. The fourth-order valence-corrected chi connectivity index (χ4v) is 16.4. The minimum atomic E-state index is -0.431. The van der Waals surface area contributed by atoms with Gasteiger partial charge in [0.15, 0.2) is 0 Å². The number of benzene rings is 12. The molecule has 0 saturated heterocycles. The summed E-state index contributed by atoms with van der Waals surface area (Å²) >= 11 is 82.3. The highest BCUT2D eigenvalue weighted by Gasteiger charge is 2.36. The van der Waals surface area contributed by atoms with E-state index in [1.165, 1.54) is 44.5 Å². The molecule has 0 aliphatic rings. The molecule has 12 aromatic rings. The van der Waals surface area contributed by atoms with Crippen molar-refractivity contribution >= 4 is 193 Å². The molecule has 1 unspecified atom stereocenters. The molecule has 480 valence electrons. The van der Waals surface area contributed by atoms with Gasteiger partial charge in [0.25, 0.3) is 0 Å². The number of hydrogen-bond donors (Lipinski definition) is 0. The Bertz CT molecular complexity index is 4360. The topological polar surface area (TPSA) is 0 Å². The molecule has 1 atom stereocenters. The van der Waals surface area contributed by atoms with Crippen LogP contribution in [0.3, 0.4) is 0 Å². The highest BCUT2D eigenvalue weighted by molar-refractivity contribution is 9.11. The maximum absolute atomic E-state index is 6.43. The smallest absolute Gasteiger partial charge is 0.0485 e. The van der Waals surface area contributed by atoms with Crippen LogP contribution in [0, 0.1) is 0 Å². The Morgan fingerprint density at radius 2 is 0.734 bits per heavy atom. The second-order valence-corrected chi connectivity index (χ2v) is 29.9. The van der Waals surface area contributed by atoms with Crippen molar-refractivity contribution in [3.8, 4) is 22.3 Å². The van der Waals surface area contributed by atoms with Gasteiger partial charge in [-0.15, -0.1) is 0 Å². The van der Waals surface area contributed by atoms with Crippen molar-refractivity contribution < 1.29 is 0 Å². The molecule has 0 heterocycles. The molecule has 12 rings (SSSR count). The Balaban J connectivity index is 0.000000150. The highest BCUT2D eigenvalue weighted by Crippen LogP contribution is 2.49. The summed E-state index contributed by atoms with van der Waals surface area (Å²) < 4.78 is 2.24. The number of fused-ring (bicyclic) bond motifs is 2. The highest BCUT2D eigenvalue weighted by atomic mass is 79.9. The minimum Gasteiger partial charge on any atom is -0.0843 e. The summed E-state index contributed by atoms with van der Waals surface area (Å²) in [6.07, 6.45) is 2.69. The molecule has 14 heteroatoms. The zero-order valence-electron chi connectivity index (χ0n) is 51.6. The predicted octanol–water partition coefficient (Wildman–Crippen LogP) is 31.5. The summed E-state index contributed by atoms with van der Waals surface area (Å²) in [7, 11) is 0. The van der Waals surface area contributed by atoms with Gasteiger partial charge in [0, 0.05) is 97.2 Å². The predicted molar refractivity (Wildman–Crippen MR) is 421 cm³/mol. The minimum absolute atomic E-state index is 0.123. The normalized spacial score (nSPS) is 11.6. The fraction of sp³-hybridized carbons (Fsp3) is 0.150. The second kappa shape index (κ2) is 33.9. The molecule has 0 spiro atoms. The molecule has 0 aliphatic carbocycles. The summed E-state index contributed by atoms with van der Waals surface area (Å²) in [4.78, 5) is 0. The molecule has 12 aromatic carbocycles. The summed E-state index contributed by atoms with van der Waals surface area (Å²) in [6, 6.07) is 76.4. The lowest BCUT2D eigenvalue weighted by Gasteiger charge is -2.34. The second-order valence-electron chi connectivity index (χ2n) is 23.2. The van der Waals surface area contributed by atoms with Crippen LogP contribution in [0.1, 0.15) is 110 Å². The molecule has 0 aromatic heterocycles. The van der Waals surface area contributed by atoms with Gasteiger partial charge in [0.05, 0.1) is 0 Å². The SMILES string of the molecule is CC(Cc1ccc(Cl)c2cc(Cl)ccc12)c1ccc(Cl)c2cc(Cl)ccc12.CC(c1cc(Cl)cc(Cl)c1)c1cc(Cl)cc(Cl)c1.CC(c1ccc(Br)c(-c2ccccc2)c1)c1ccc(Br)c(-c2ccccc2)c1.CCCC(C)(c1c(Cl)cccc1Cl)c1c(Cl)cccc1Cl. The van der Waals surface area contributed by atoms with Crippen LogP contribution < -0.4 is 0 Å². The lowest BCUT2D eigenvalue weighted by molar-refractivity contribution is 0.512. The van der Waals surface area contributed by atoms with Crippen molar-refractivity contribution in [2.24, 2.45) is 0 Å². The van der Waals surface area contributed by atoms with E-state index in [2.05, 4.69) is 182 Å². The van der Waals surface area contributed by atoms with Crippen LogP contribution in [0.4, 0.5) is 0 Å². The summed E-state index contributed by atoms with van der Waals surface area (Å²) in [5, 5.41) is 12.1. The largest absolute Gasteiger partial charge is 0.0843 e. The van der Waals surface area contributed by atoms with E-state index in [1.807, 2.05) is 103 Å². The van der Waals surface area contributed by atoms with Crippen LogP contribution in [0.5, 0.6) is 0 Å². The van der Waals surface area contributed by atoms with E-state index in [-0.39, 0.29) is 5.92 Å². The quantitative estimate of drug-likeness (QED) is 0.108. The Labute approximate surface area is 629 Å². The molecular weight excluding hydrogens is 1550 g/mol. The van der Waals surface area contributed by atoms with Crippen LogP contribution in [-0.2, 0) is 11.8 Å². The van der Waals surface area contributed by atoms with Gasteiger partial charge in [0.1, 0.15) is 0 Å². The summed E-state index contributed by atoms with van der Waals surface area (Å²) in [5.74, 6) is 0.717. The van der Waals surface area contributed by atoms with Crippen molar-refractivity contribution in [2.75, 3.05) is 0 Å². The Hall–Kier alpha value is -4.40. The van der Waals surface area contributed by atoms with E-state index in [1.54, 1.807) is 12.1 Å². The number of rotatable bonds is 13. The van der Waals surface area contributed by atoms with Crippen LogP contribution in [0.15, 0.2) is 239 Å². The van der Waals surface area contributed by atoms with E-state index in [0.717, 1.165) is 82.1 Å². The van der Waals surface area contributed by atoms with Crippen molar-refractivity contribution in [1.82, 2.24) is 0 Å². The zero-order valence-corrected chi connectivity index (χ0v) is 63.8. The first-order valence-corrected chi connectivity index (χ1v) is 36.3. The average Bonchev–Trinajstić information content (AvgIpc) is 0.771. The third kappa shape index (κ3) is 18.3. The molecule has 0 N–H and O–H groups in total. The van der Waals surface area contributed by atoms with E-state index in [9.17, 15) is 0 Å². The zero-order chi connectivity index (χ0) is 67.5. The van der Waals surface area contributed by atoms with E-state index >= 15 is 0 Å². The first-order valence-electron chi connectivity index (χ1n) is 30.2. The molecule has 0 bridgehead atoms. The van der Waals surface area contributed by atoms with Crippen LogP contribution in [0.25, 0.3) is 43.8 Å². The molecule has 0 fully saturated rings. The van der Waals surface area contributed by atoms with Crippen LogP contribution in [0.2, 0.25) is 60.3 Å². The van der Waals surface area contributed by atoms with Gasteiger partial charge in [-0.1, -0.05) is 321 Å². The van der Waals surface area contributed by atoms with E-state index < -0.39 is 5.41 Å². The number of hydrogen-bond acceptors (Lipinski definition) is 0. The lowest BCUT2D eigenvalue weighted by Crippen LogP contribution is -2.25. The molecule has 0 amide bonds. The molecule has 0 nitrogen and oxygen atoms in total. The van der Waals surface area contributed by atoms with Crippen LogP contribution >= 0.6 is 171 Å². The Kier molecular flexibility index (Phi) is 26.6. The van der Waals surface area contributed by atoms with Gasteiger partial charge >= 0.3 is 0 Å². The molecule has 0 radical (unpaired) electrons. The van der Waals surface area contributed by atoms with Gasteiger partial charge in [-0.05, 0) is 218 Å². The van der Waals surface area contributed by atoms with E-state index in [0.29, 0.717) is 62.1 Å². The van der Waals surface area contributed by atoms with Crippen molar-refractivity contribution in [3.63, 3.8) is 0 Å². The van der Waals surface area contributed by atoms with Gasteiger partial charge in [-0.2, -0.15) is 0 Å². The molecular formula is C80H62Br2Cl12. The Morgan fingerprint density at radius 1 is 0.340 bits per heavy atom. The first-order chi connectivity index (χ1) is 44.9. The number of halogens is 14. The molecule has 0 aliphatic heterocycles.